The third-order valence-corrected chi connectivity index (χ3v) is 7.81. The van der Waals surface area contributed by atoms with Gasteiger partial charge in [-0.25, -0.2) is 18.4 Å². The van der Waals surface area contributed by atoms with E-state index in [1.165, 1.54) is 11.3 Å². The summed E-state index contributed by atoms with van der Waals surface area (Å²) in [5.41, 5.74) is 1.81. The van der Waals surface area contributed by atoms with Crippen molar-refractivity contribution in [2.75, 3.05) is 33.4 Å². The molecule has 1 atom stereocenters. The summed E-state index contributed by atoms with van der Waals surface area (Å²) < 4.78 is 38.4. The van der Waals surface area contributed by atoms with Crippen molar-refractivity contribution in [1.29, 1.82) is 0 Å². The summed E-state index contributed by atoms with van der Waals surface area (Å²) in [5.74, 6) is 0.722. The van der Waals surface area contributed by atoms with Crippen molar-refractivity contribution >= 4 is 21.4 Å². The molecule has 2 aromatic heterocycles. The number of aromatic nitrogens is 2. The summed E-state index contributed by atoms with van der Waals surface area (Å²) in [6, 6.07) is 3.43. The Balaban J connectivity index is 1.78. The van der Waals surface area contributed by atoms with Crippen molar-refractivity contribution < 1.29 is 17.9 Å². The van der Waals surface area contributed by atoms with Crippen LogP contribution in [-0.2, 0) is 26.1 Å². The van der Waals surface area contributed by atoms with Crippen LogP contribution in [0.3, 0.4) is 0 Å². The predicted molar refractivity (Wildman–Crippen MR) is 103 cm³/mol. The molecule has 1 aliphatic rings. The van der Waals surface area contributed by atoms with Crippen LogP contribution >= 0.6 is 11.3 Å². The minimum Gasteiger partial charge on any atom is -0.382 e. The lowest BCUT2D eigenvalue weighted by molar-refractivity contribution is 0.0608. The molecule has 1 saturated heterocycles. The van der Waals surface area contributed by atoms with Gasteiger partial charge >= 0.3 is 0 Å². The Kier molecular flexibility index (Phi) is 6.93. The number of thiophene rings is 1. The summed E-state index contributed by atoms with van der Waals surface area (Å²) in [5, 5.41) is 1.79. The maximum atomic E-state index is 12.9. The van der Waals surface area contributed by atoms with Crippen LogP contribution in [0.4, 0.5) is 0 Å². The molecule has 148 valence electrons. The first-order chi connectivity index (χ1) is 13.0. The van der Waals surface area contributed by atoms with Gasteiger partial charge in [0, 0.05) is 37.9 Å². The van der Waals surface area contributed by atoms with Gasteiger partial charge in [0.15, 0.2) is 0 Å². The van der Waals surface area contributed by atoms with E-state index in [9.17, 15) is 8.42 Å². The van der Waals surface area contributed by atoms with E-state index in [0.717, 1.165) is 24.1 Å². The van der Waals surface area contributed by atoms with E-state index >= 15 is 0 Å². The topological polar surface area (TPSA) is 81.6 Å². The van der Waals surface area contributed by atoms with Gasteiger partial charge in [0.1, 0.15) is 10.0 Å². The van der Waals surface area contributed by atoms with Crippen molar-refractivity contribution in [2.24, 2.45) is 0 Å². The Bertz CT molecular complexity index is 840. The van der Waals surface area contributed by atoms with Crippen molar-refractivity contribution in [1.82, 2.24) is 14.3 Å². The van der Waals surface area contributed by atoms with E-state index < -0.39 is 10.0 Å². The second-order valence-electron chi connectivity index (χ2n) is 6.51. The molecule has 1 aliphatic heterocycles. The van der Waals surface area contributed by atoms with Gasteiger partial charge in [-0.2, -0.15) is 4.31 Å². The van der Waals surface area contributed by atoms with Crippen LogP contribution < -0.4 is 0 Å². The molecule has 0 N–H and O–H groups in total. The van der Waals surface area contributed by atoms with Crippen molar-refractivity contribution in [3.8, 4) is 0 Å². The molecule has 1 unspecified atom stereocenters. The molecule has 0 spiro atoms. The zero-order valence-electron chi connectivity index (χ0n) is 15.6. The van der Waals surface area contributed by atoms with Gasteiger partial charge < -0.3 is 9.47 Å². The highest BCUT2D eigenvalue weighted by Crippen LogP contribution is 2.32. The lowest BCUT2D eigenvalue weighted by atomic mass is 9.93. The molecule has 3 rings (SSSR count). The average Bonchev–Trinajstić information content (AvgIpc) is 3.22. The minimum absolute atomic E-state index is 0.0382. The molecule has 7 nitrogen and oxygen atoms in total. The number of rotatable bonds is 8. The zero-order valence-corrected chi connectivity index (χ0v) is 17.3. The Morgan fingerprint density at radius 1 is 1.37 bits per heavy atom. The van der Waals surface area contributed by atoms with Gasteiger partial charge in [-0.1, -0.05) is 6.07 Å². The molecule has 0 bridgehead atoms. The van der Waals surface area contributed by atoms with Gasteiger partial charge in [-0.05, 0) is 31.2 Å². The number of hydrogen-bond donors (Lipinski definition) is 0. The molecular weight excluding hydrogens is 386 g/mol. The molecule has 0 aromatic carbocycles. The summed E-state index contributed by atoms with van der Waals surface area (Å²) in [6.07, 6.45) is 3.50. The molecular formula is C18H25N3O4S2. The Morgan fingerprint density at radius 3 is 2.96 bits per heavy atom. The highest BCUT2D eigenvalue weighted by molar-refractivity contribution is 7.91. The van der Waals surface area contributed by atoms with Crippen LogP contribution in [0.5, 0.6) is 0 Å². The van der Waals surface area contributed by atoms with Crippen molar-refractivity contribution in [2.45, 2.75) is 36.5 Å². The molecule has 0 saturated carbocycles. The quantitative estimate of drug-likeness (QED) is 0.621. The maximum absolute atomic E-state index is 12.9. The fourth-order valence-corrected chi connectivity index (χ4v) is 5.89. The number of nitrogens with zero attached hydrogens (tertiary/aromatic N) is 3. The van der Waals surface area contributed by atoms with Crippen LogP contribution in [0, 0.1) is 6.92 Å². The highest BCUT2D eigenvalue weighted by atomic mass is 32.2. The third kappa shape index (κ3) is 4.91. The minimum atomic E-state index is -3.45. The molecule has 2 aromatic rings. The van der Waals surface area contributed by atoms with Gasteiger partial charge in [-0.15, -0.1) is 11.3 Å². The normalized spacial score (nSPS) is 18.7. The fourth-order valence-electron chi connectivity index (χ4n) is 3.22. The summed E-state index contributed by atoms with van der Waals surface area (Å²) in [7, 11) is -1.81. The van der Waals surface area contributed by atoms with Crippen molar-refractivity contribution in [3.05, 3.63) is 40.8 Å². The smallest absolute Gasteiger partial charge is 0.252 e. The molecule has 1 fully saturated rings. The number of sulfonamides is 1. The monoisotopic (exact) mass is 411 g/mol. The number of ether oxygens (including phenoxy) is 2. The molecule has 9 heteroatoms. The number of hydrogen-bond acceptors (Lipinski definition) is 7. The van der Waals surface area contributed by atoms with Crippen LogP contribution in [0.2, 0.25) is 0 Å². The molecule has 0 radical (unpaired) electrons. The first kappa shape index (κ1) is 20.3. The molecule has 27 heavy (non-hydrogen) atoms. The average molecular weight is 412 g/mol. The van der Waals surface area contributed by atoms with Crippen LogP contribution in [0.15, 0.2) is 27.9 Å². The molecule has 0 aliphatic carbocycles. The Labute approximate surface area is 164 Å². The standard InChI is InChI=1S/C18H25N3O4S2/c1-14-19-11-16(13-25-9-8-24-2)18(20-14)15-5-3-7-21(12-15)27(22,23)17-6-4-10-26-17/h4,6,10-11,15H,3,5,7-9,12-13H2,1-2H3. The van der Waals surface area contributed by atoms with Gasteiger partial charge in [0.2, 0.25) is 0 Å². The third-order valence-electron chi connectivity index (χ3n) is 4.57. The number of methoxy groups -OCH3 is 1. The Morgan fingerprint density at radius 2 is 2.22 bits per heavy atom. The maximum Gasteiger partial charge on any atom is 0.252 e. The van der Waals surface area contributed by atoms with Crippen LogP contribution in [-0.4, -0.2) is 56.1 Å². The van der Waals surface area contributed by atoms with Gasteiger partial charge in [0.05, 0.1) is 25.5 Å². The van der Waals surface area contributed by atoms with E-state index in [1.807, 2.05) is 6.92 Å². The number of piperidine rings is 1. The van der Waals surface area contributed by atoms with E-state index in [4.69, 9.17) is 9.47 Å². The second-order valence-corrected chi connectivity index (χ2v) is 9.62. The van der Waals surface area contributed by atoms with Gasteiger partial charge in [0.25, 0.3) is 10.0 Å². The lowest BCUT2D eigenvalue weighted by Crippen LogP contribution is -2.39. The van der Waals surface area contributed by atoms with E-state index in [0.29, 0.717) is 42.9 Å². The fraction of sp³-hybridized carbons (Fsp3) is 0.556. The summed E-state index contributed by atoms with van der Waals surface area (Å²) >= 11 is 1.25. The first-order valence-corrected chi connectivity index (χ1v) is 11.3. The largest absolute Gasteiger partial charge is 0.382 e. The SMILES string of the molecule is COCCOCc1cnc(C)nc1C1CCCN(S(=O)(=O)c2cccs2)C1. The van der Waals surface area contributed by atoms with E-state index in [1.54, 1.807) is 35.1 Å². The van der Waals surface area contributed by atoms with Gasteiger partial charge in [-0.3, -0.25) is 0 Å². The second kappa shape index (κ2) is 9.20. The molecule has 3 heterocycles. The first-order valence-electron chi connectivity index (χ1n) is 8.95. The highest BCUT2D eigenvalue weighted by Gasteiger charge is 2.33. The summed E-state index contributed by atoms with van der Waals surface area (Å²) in [6.45, 7) is 4.24. The van der Waals surface area contributed by atoms with Crippen LogP contribution in [0.1, 0.15) is 35.8 Å². The predicted octanol–water partition coefficient (Wildman–Crippen LogP) is 2.58. The van der Waals surface area contributed by atoms with E-state index in [2.05, 4.69) is 9.97 Å². The van der Waals surface area contributed by atoms with E-state index in [-0.39, 0.29) is 5.92 Å². The van der Waals surface area contributed by atoms with Crippen molar-refractivity contribution in [3.63, 3.8) is 0 Å². The zero-order chi connectivity index (χ0) is 19.3. The summed E-state index contributed by atoms with van der Waals surface area (Å²) in [4.78, 5) is 8.92. The molecule has 0 amide bonds. The Hall–Kier alpha value is -1.39. The lowest BCUT2D eigenvalue weighted by Gasteiger charge is -2.32. The van der Waals surface area contributed by atoms with Crippen LogP contribution in [0.25, 0.3) is 0 Å². The number of aryl methyl sites for hydroxylation is 1.